The molecule has 7 heteroatoms. The number of carbonyl (C=O) groups excluding carboxylic acids is 1. The number of methoxy groups -OCH3 is 1. The lowest BCUT2D eigenvalue weighted by atomic mass is 9.68. The van der Waals surface area contributed by atoms with Crippen LogP contribution in [0.5, 0.6) is 5.75 Å². The molecule has 1 aliphatic carbocycles. The number of amides is 1. The summed E-state index contributed by atoms with van der Waals surface area (Å²) in [4.78, 5) is 22.2. The van der Waals surface area contributed by atoms with Crippen molar-refractivity contribution in [1.29, 1.82) is 0 Å². The number of carbonyl (C=O) groups is 1. The maximum Gasteiger partial charge on any atom is 0.231 e. The van der Waals surface area contributed by atoms with Crippen LogP contribution in [0, 0.1) is 0 Å². The molecule has 2 N–H and O–H groups in total. The number of ether oxygens (including phenoxy) is 1. The molecule has 1 atom stereocenters. The third-order valence-corrected chi connectivity index (χ3v) is 5.96. The molecule has 7 nitrogen and oxygen atoms in total. The van der Waals surface area contributed by atoms with Gasteiger partial charge in [0.05, 0.1) is 18.6 Å². The number of aromatic amines is 1. The van der Waals surface area contributed by atoms with E-state index < -0.39 is 5.41 Å². The Kier molecular flexibility index (Phi) is 5.79. The number of aromatic nitrogens is 4. The monoisotopic (exact) mass is 405 g/mol. The smallest absolute Gasteiger partial charge is 0.231 e. The average molecular weight is 406 g/mol. The number of hydrogen-bond acceptors (Lipinski definition) is 5. The topological polar surface area (TPSA) is 92.8 Å². The summed E-state index contributed by atoms with van der Waals surface area (Å²) in [6.45, 7) is 1.93. The first-order chi connectivity index (χ1) is 14.6. The molecule has 156 valence electrons. The summed E-state index contributed by atoms with van der Waals surface area (Å²) in [7, 11) is 1.65. The minimum atomic E-state index is -0.523. The van der Waals surface area contributed by atoms with Gasteiger partial charge >= 0.3 is 0 Å². The first-order valence-electron chi connectivity index (χ1n) is 10.4. The Morgan fingerprint density at radius 3 is 2.60 bits per heavy atom. The highest BCUT2D eigenvalue weighted by molar-refractivity contribution is 5.88. The van der Waals surface area contributed by atoms with E-state index in [0.29, 0.717) is 11.6 Å². The van der Waals surface area contributed by atoms with Gasteiger partial charge in [0, 0.05) is 18.0 Å². The zero-order valence-electron chi connectivity index (χ0n) is 17.4. The van der Waals surface area contributed by atoms with Gasteiger partial charge in [0.2, 0.25) is 5.91 Å². The fraction of sp³-hybridized carbons (Fsp3) is 0.391. The van der Waals surface area contributed by atoms with Gasteiger partial charge in [-0.25, -0.2) is 4.98 Å². The van der Waals surface area contributed by atoms with Gasteiger partial charge in [-0.2, -0.15) is 5.10 Å². The summed E-state index contributed by atoms with van der Waals surface area (Å²) >= 11 is 0. The van der Waals surface area contributed by atoms with Gasteiger partial charge in [0.15, 0.2) is 5.82 Å². The van der Waals surface area contributed by atoms with E-state index in [0.717, 1.165) is 49.0 Å². The fourth-order valence-corrected chi connectivity index (χ4v) is 4.21. The van der Waals surface area contributed by atoms with Crippen LogP contribution in [-0.4, -0.2) is 33.2 Å². The Morgan fingerprint density at radius 1 is 1.17 bits per heavy atom. The SMILES string of the molecule is COc1ccc(C2(C(=O)N[C@@H](C)c3nc(-c4cccnc4)n[nH]3)CCCCC2)cc1. The van der Waals surface area contributed by atoms with Gasteiger partial charge in [-0.05, 0) is 49.6 Å². The largest absolute Gasteiger partial charge is 0.497 e. The molecule has 2 aromatic heterocycles. The van der Waals surface area contributed by atoms with E-state index in [1.165, 1.54) is 0 Å². The third kappa shape index (κ3) is 3.92. The third-order valence-electron chi connectivity index (χ3n) is 5.96. The van der Waals surface area contributed by atoms with E-state index in [9.17, 15) is 4.79 Å². The molecule has 0 unspecified atom stereocenters. The maximum absolute atomic E-state index is 13.5. The summed E-state index contributed by atoms with van der Waals surface area (Å²) < 4.78 is 5.29. The molecule has 0 aliphatic heterocycles. The van der Waals surface area contributed by atoms with Gasteiger partial charge in [-0.15, -0.1) is 0 Å². The van der Waals surface area contributed by atoms with Crippen molar-refractivity contribution in [2.24, 2.45) is 0 Å². The van der Waals surface area contributed by atoms with Crippen LogP contribution < -0.4 is 10.1 Å². The predicted octanol–water partition coefficient (Wildman–Crippen LogP) is 3.95. The zero-order chi connectivity index (χ0) is 21.0. The van der Waals surface area contributed by atoms with Gasteiger partial charge in [0.25, 0.3) is 0 Å². The number of rotatable bonds is 6. The molecule has 2 heterocycles. The van der Waals surface area contributed by atoms with Crippen LogP contribution in [0.3, 0.4) is 0 Å². The lowest BCUT2D eigenvalue weighted by molar-refractivity contribution is -0.128. The van der Waals surface area contributed by atoms with Crippen LogP contribution in [0.25, 0.3) is 11.4 Å². The van der Waals surface area contributed by atoms with Crippen molar-refractivity contribution in [1.82, 2.24) is 25.5 Å². The molecule has 0 saturated heterocycles. The molecule has 4 rings (SSSR count). The lowest BCUT2D eigenvalue weighted by Crippen LogP contribution is -2.46. The van der Waals surface area contributed by atoms with E-state index in [1.807, 2.05) is 43.3 Å². The molecular formula is C23H27N5O2. The Bertz CT molecular complexity index is 978. The van der Waals surface area contributed by atoms with Gasteiger partial charge in [-0.3, -0.25) is 14.9 Å². The molecule has 0 bridgehead atoms. The molecule has 1 fully saturated rings. The summed E-state index contributed by atoms with van der Waals surface area (Å²) in [6.07, 6.45) is 8.37. The van der Waals surface area contributed by atoms with Gasteiger partial charge in [-0.1, -0.05) is 31.4 Å². The van der Waals surface area contributed by atoms with E-state index in [-0.39, 0.29) is 11.9 Å². The van der Waals surface area contributed by atoms with Crippen molar-refractivity contribution in [3.63, 3.8) is 0 Å². The molecular weight excluding hydrogens is 378 g/mol. The van der Waals surface area contributed by atoms with E-state index in [4.69, 9.17) is 4.74 Å². The normalized spacial score (nSPS) is 16.6. The van der Waals surface area contributed by atoms with Crippen LogP contribution in [0.15, 0.2) is 48.8 Å². The average Bonchev–Trinajstić information content (AvgIpc) is 3.31. The summed E-state index contributed by atoms with van der Waals surface area (Å²) in [5.74, 6) is 2.03. The van der Waals surface area contributed by atoms with Gasteiger partial charge < -0.3 is 10.1 Å². The second-order valence-electron chi connectivity index (χ2n) is 7.85. The van der Waals surface area contributed by atoms with Crippen LogP contribution in [0.1, 0.15) is 56.5 Å². The quantitative estimate of drug-likeness (QED) is 0.648. The maximum atomic E-state index is 13.5. The molecule has 30 heavy (non-hydrogen) atoms. The number of H-pyrrole nitrogens is 1. The minimum absolute atomic E-state index is 0.0409. The van der Waals surface area contributed by atoms with Crippen LogP contribution in [0.4, 0.5) is 0 Å². The number of hydrogen-bond donors (Lipinski definition) is 2. The highest BCUT2D eigenvalue weighted by Gasteiger charge is 2.41. The molecule has 0 radical (unpaired) electrons. The highest BCUT2D eigenvalue weighted by Crippen LogP contribution is 2.40. The number of benzene rings is 1. The predicted molar refractivity (Wildman–Crippen MR) is 114 cm³/mol. The van der Waals surface area contributed by atoms with Crippen molar-refractivity contribution >= 4 is 5.91 Å². The number of nitrogens with one attached hydrogen (secondary N) is 2. The Hall–Kier alpha value is -3.22. The molecule has 1 amide bonds. The van der Waals surface area contributed by atoms with Gasteiger partial charge in [0.1, 0.15) is 11.6 Å². The van der Waals surface area contributed by atoms with Crippen molar-refractivity contribution < 1.29 is 9.53 Å². The Balaban J connectivity index is 1.54. The van der Waals surface area contributed by atoms with Crippen molar-refractivity contribution in [3.05, 3.63) is 60.2 Å². The molecule has 0 spiro atoms. The summed E-state index contributed by atoms with van der Waals surface area (Å²) in [5.41, 5.74) is 1.35. The second kappa shape index (κ2) is 8.65. The molecule has 1 aromatic carbocycles. The highest BCUT2D eigenvalue weighted by atomic mass is 16.5. The minimum Gasteiger partial charge on any atom is -0.497 e. The van der Waals surface area contributed by atoms with E-state index in [2.05, 4.69) is 25.5 Å². The molecule has 1 aliphatic rings. The fourth-order valence-electron chi connectivity index (χ4n) is 4.21. The van der Waals surface area contributed by atoms with Crippen LogP contribution >= 0.6 is 0 Å². The lowest BCUT2D eigenvalue weighted by Gasteiger charge is -2.37. The van der Waals surface area contributed by atoms with Crippen LogP contribution in [0.2, 0.25) is 0 Å². The summed E-state index contributed by atoms with van der Waals surface area (Å²) in [5, 5.41) is 10.4. The first kappa shape index (κ1) is 20.1. The second-order valence-corrected chi connectivity index (χ2v) is 7.85. The van der Waals surface area contributed by atoms with E-state index >= 15 is 0 Å². The zero-order valence-corrected chi connectivity index (χ0v) is 17.4. The Labute approximate surface area is 176 Å². The molecule has 1 saturated carbocycles. The van der Waals surface area contributed by atoms with Crippen LogP contribution in [-0.2, 0) is 10.2 Å². The van der Waals surface area contributed by atoms with Crippen molar-refractivity contribution in [2.75, 3.05) is 7.11 Å². The first-order valence-corrected chi connectivity index (χ1v) is 10.4. The molecule has 3 aromatic rings. The summed E-state index contributed by atoms with van der Waals surface area (Å²) in [6, 6.07) is 11.4. The van der Waals surface area contributed by atoms with Crippen molar-refractivity contribution in [2.45, 2.75) is 50.5 Å². The van der Waals surface area contributed by atoms with Crippen molar-refractivity contribution in [3.8, 4) is 17.1 Å². The number of nitrogens with zero attached hydrogens (tertiary/aromatic N) is 3. The standard InChI is InChI=1S/C23H27N5O2/c1-16(20-26-21(28-27-20)17-7-6-14-24-15-17)25-22(29)23(12-4-3-5-13-23)18-8-10-19(30-2)11-9-18/h6-11,14-16H,3-5,12-13H2,1-2H3,(H,25,29)(H,26,27,28)/t16-/m0/s1. The number of pyridine rings is 1. The van der Waals surface area contributed by atoms with E-state index in [1.54, 1.807) is 19.5 Å². The Morgan fingerprint density at radius 2 is 1.93 bits per heavy atom.